The lowest BCUT2D eigenvalue weighted by molar-refractivity contribution is 0.426. The smallest absolute Gasteiger partial charge is 0.423 e. The highest BCUT2D eigenvalue weighted by Gasteiger charge is 2.17. The van der Waals surface area contributed by atoms with Crippen molar-refractivity contribution in [3.05, 3.63) is 103 Å². The molecule has 3 aromatic carbocycles. The van der Waals surface area contributed by atoms with Crippen molar-refractivity contribution in [2.24, 2.45) is 0 Å². The maximum Gasteiger partial charge on any atom is 0.488 e. The van der Waals surface area contributed by atoms with Gasteiger partial charge in [0.25, 0.3) is 0 Å². The van der Waals surface area contributed by atoms with E-state index in [0.29, 0.717) is 5.46 Å². The van der Waals surface area contributed by atoms with Gasteiger partial charge in [0.2, 0.25) is 0 Å². The monoisotopic (exact) mass is 393 g/mol. The van der Waals surface area contributed by atoms with Crippen LogP contribution in [0.5, 0.6) is 0 Å². The minimum absolute atomic E-state index is 0.482. The molecule has 0 saturated carbocycles. The van der Waals surface area contributed by atoms with E-state index in [1.807, 2.05) is 49.4 Å². The van der Waals surface area contributed by atoms with Crippen molar-refractivity contribution in [3.63, 3.8) is 0 Å². The molecule has 148 valence electrons. The molecule has 1 heterocycles. The Morgan fingerprint density at radius 1 is 0.933 bits per heavy atom. The number of hydrogen-bond acceptors (Lipinski definition) is 2. The number of allylic oxidation sites excluding steroid dienone is 2. The number of aromatic nitrogens is 1. The molecule has 0 bridgehead atoms. The molecular formula is C26H24BNO2. The van der Waals surface area contributed by atoms with Gasteiger partial charge in [-0.05, 0) is 65.8 Å². The van der Waals surface area contributed by atoms with Crippen LogP contribution in [0.3, 0.4) is 0 Å². The Kier molecular flexibility index (Phi) is 5.71. The van der Waals surface area contributed by atoms with Gasteiger partial charge in [-0.25, -0.2) is 0 Å². The quantitative estimate of drug-likeness (QED) is 0.367. The van der Waals surface area contributed by atoms with Gasteiger partial charge in [-0.2, -0.15) is 0 Å². The number of hydrogen-bond donors (Lipinski definition) is 2. The van der Waals surface area contributed by atoms with Gasteiger partial charge in [-0.3, -0.25) is 0 Å². The predicted octanol–water partition coefficient (Wildman–Crippen LogP) is 4.74. The molecule has 30 heavy (non-hydrogen) atoms. The fourth-order valence-electron chi connectivity index (χ4n) is 3.95. The summed E-state index contributed by atoms with van der Waals surface area (Å²) in [5, 5.41) is 20.2. The molecule has 0 aliphatic rings. The van der Waals surface area contributed by atoms with Crippen LogP contribution in [0.2, 0.25) is 0 Å². The van der Waals surface area contributed by atoms with Gasteiger partial charge < -0.3 is 14.6 Å². The van der Waals surface area contributed by atoms with E-state index in [4.69, 9.17) is 0 Å². The van der Waals surface area contributed by atoms with Crippen LogP contribution in [0, 0.1) is 0 Å². The Morgan fingerprint density at radius 2 is 1.70 bits per heavy atom. The average molecular weight is 393 g/mol. The predicted molar refractivity (Wildman–Crippen MR) is 127 cm³/mol. The summed E-state index contributed by atoms with van der Waals surface area (Å²) in [7, 11) is -1.48. The summed E-state index contributed by atoms with van der Waals surface area (Å²) in [6, 6.07) is 24.1. The zero-order valence-corrected chi connectivity index (χ0v) is 17.0. The molecular weight excluding hydrogens is 369 g/mol. The third-order valence-electron chi connectivity index (χ3n) is 5.40. The molecule has 0 atom stereocenters. The molecule has 0 spiro atoms. The molecule has 2 N–H and O–H groups in total. The van der Waals surface area contributed by atoms with Crippen LogP contribution in [0.25, 0.3) is 33.8 Å². The molecule has 1 aromatic heterocycles. The maximum absolute atomic E-state index is 9.54. The van der Waals surface area contributed by atoms with E-state index in [2.05, 4.69) is 53.6 Å². The Bertz CT molecular complexity index is 1220. The number of para-hydroxylation sites is 1. The zero-order chi connectivity index (χ0) is 21.1. The SMILES string of the molecule is C=Cc1c(C/C=C\C)c2cc(-c3cccc(B(O)O)c3)ccc2n1-c1ccccc1. The van der Waals surface area contributed by atoms with Crippen LogP contribution in [-0.4, -0.2) is 21.7 Å². The highest BCUT2D eigenvalue weighted by atomic mass is 16.4. The topological polar surface area (TPSA) is 45.4 Å². The van der Waals surface area contributed by atoms with E-state index in [1.54, 1.807) is 6.07 Å². The van der Waals surface area contributed by atoms with E-state index in [9.17, 15) is 10.0 Å². The molecule has 0 fully saturated rings. The van der Waals surface area contributed by atoms with E-state index in [-0.39, 0.29) is 0 Å². The Balaban J connectivity index is 1.97. The van der Waals surface area contributed by atoms with Crippen LogP contribution in [0.4, 0.5) is 0 Å². The summed E-state index contributed by atoms with van der Waals surface area (Å²) in [4.78, 5) is 0. The largest absolute Gasteiger partial charge is 0.488 e. The zero-order valence-electron chi connectivity index (χ0n) is 17.0. The van der Waals surface area contributed by atoms with Crippen LogP contribution < -0.4 is 5.46 Å². The number of benzene rings is 3. The number of nitrogens with zero attached hydrogens (tertiary/aromatic N) is 1. The molecule has 3 nitrogen and oxygen atoms in total. The van der Waals surface area contributed by atoms with Crippen molar-refractivity contribution in [1.29, 1.82) is 0 Å². The van der Waals surface area contributed by atoms with Crippen molar-refractivity contribution < 1.29 is 10.0 Å². The Labute approximate surface area is 177 Å². The third-order valence-corrected chi connectivity index (χ3v) is 5.40. The van der Waals surface area contributed by atoms with Crippen LogP contribution in [-0.2, 0) is 6.42 Å². The molecule has 4 aromatic rings. The molecule has 0 aliphatic carbocycles. The molecule has 0 amide bonds. The van der Waals surface area contributed by atoms with Crippen LogP contribution >= 0.6 is 0 Å². The fraction of sp³-hybridized carbons (Fsp3) is 0.0769. The molecule has 0 saturated heterocycles. The van der Waals surface area contributed by atoms with Crippen LogP contribution in [0.15, 0.2) is 91.5 Å². The summed E-state index contributed by atoms with van der Waals surface area (Å²) in [6.45, 7) is 6.12. The third kappa shape index (κ3) is 3.63. The van der Waals surface area contributed by atoms with Gasteiger partial charge in [-0.15, -0.1) is 0 Å². The molecule has 0 radical (unpaired) electrons. The van der Waals surface area contributed by atoms with E-state index < -0.39 is 7.12 Å². The van der Waals surface area contributed by atoms with Crippen molar-refractivity contribution in [2.75, 3.05) is 0 Å². The highest BCUT2D eigenvalue weighted by Crippen LogP contribution is 2.34. The van der Waals surface area contributed by atoms with Crippen molar-refractivity contribution in [2.45, 2.75) is 13.3 Å². The molecule has 4 heteroatoms. The van der Waals surface area contributed by atoms with Crippen molar-refractivity contribution >= 4 is 29.6 Å². The minimum atomic E-state index is -1.48. The van der Waals surface area contributed by atoms with Gasteiger partial charge in [0.05, 0.1) is 5.52 Å². The van der Waals surface area contributed by atoms with Gasteiger partial charge in [0, 0.05) is 16.8 Å². The van der Waals surface area contributed by atoms with Crippen LogP contribution in [0.1, 0.15) is 18.2 Å². The second-order valence-corrected chi connectivity index (χ2v) is 7.24. The van der Waals surface area contributed by atoms with Crippen molar-refractivity contribution in [3.8, 4) is 16.8 Å². The minimum Gasteiger partial charge on any atom is -0.423 e. The highest BCUT2D eigenvalue weighted by molar-refractivity contribution is 6.58. The van der Waals surface area contributed by atoms with Gasteiger partial charge in [-0.1, -0.05) is 67.3 Å². The van der Waals surface area contributed by atoms with Crippen molar-refractivity contribution in [1.82, 2.24) is 4.57 Å². The van der Waals surface area contributed by atoms with E-state index in [0.717, 1.165) is 34.4 Å². The summed E-state index contributed by atoms with van der Waals surface area (Å²) in [5.41, 5.74) is 7.00. The molecule has 4 rings (SSSR count). The first-order valence-corrected chi connectivity index (χ1v) is 10.1. The second-order valence-electron chi connectivity index (χ2n) is 7.24. The summed E-state index contributed by atoms with van der Waals surface area (Å²) >= 11 is 0. The summed E-state index contributed by atoms with van der Waals surface area (Å²) in [5.74, 6) is 0. The van der Waals surface area contributed by atoms with E-state index >= 15 is 0 Å². The van der Waals surface area contributed by atoms with Gasteiger partial charge >= 0.3 is 7.12 Å². The first-order valence-electron chi connectivity index (χ1n) is 10.1. The van der Waals surface area contributed by atoms with Gasteiger partial charge in [0.15, 0.2) is 0 Å². The molecule has 0 aliphatic heterocycles. The van der Waals surface area contributed by atoms with Gasteiger partial charge in [0.1, 0.15) is 0 Å². The number of fused-ring (bicyclic) bond motifs is 1. The first kappa shape index (κ1) is 20.0. The number of rotatable bonds is 6. The molecule has 0 unspecified atom stereocenters. The summed E-state index contributed by atoms with van der Waals surface area (Å²) < 4.78 is 2.25. The lowest BCUT2D eigenvalue weighted by Crippen LogP contribution is -2.29. The Hall–Kier alpha value is -3.34. The second kappa shape index (κ2) is 8.58. The average Bonchev–Trinajstić information content (AvgIpc) is 3.10. The van der Waals surface area contributed by atoms with E-state index in [1.165, 1.54) is 10.9 Å². The lowest BCUT2D eigenvalue weighted by Gasteiger charge is -2.09. The maximum atomic E-state index is 9.54. The Morgan fingerprint density at radius 3 is 2.40 bits per heavy atom. The first-order chi connectivity index (χ1) is 14.6. The standard InChI is InChI=1S/C26H24BNO2/c1-3-5-14-23-24-18-20(19-10-9-11-21(17-19)27(29)30)15-16-26(24)28(25(23)4-2)22-12-7-6-8-13-22/h3-13,15-18,29-30H,2,14H2,1H3/b5-3-. The normalized spacial score (nSPS) is 11.3. The fourth-order valence-corrected chi connectivity index (χ4v) is 3.95. The summed E-state index contributed by atoms with van der Waals surface area (Å²) in [6.07, 6.45) is 6.96. The lowest BCUT2D eigenvalue weighted by atomic mass is 9.79.